The van der Waals surface area contributed by atoms with Gasteiger partial charge in [0.1, 0.15) is 11.6 Å². The number of ether oxygens (including phenoxy) is 1. The molecule has 0 saturated carbocycles. The van der Waals surface area contributed by atoms with Crippen molar-refractivity contribution in [3.05, 3.63) is 59.2 Å². The molecule has 136 valence electrons. The fourth-order valence-electron chi connectivity index (χ4n) is 2.72. The predicted octanol–water partition coefficient (Wildman–Crippen LogP) is 2.89. The van der Waals surface area contributed by atoms with Gasteiger partial charge < -0.3 is 15.0 Å². The molecule has 0 spiro atoms. The molecule has 1 aliphatic heterocycles. The van der Waals surface area contributed by atoms with Gasteiger partial charge in [0.25, 0.3) is 5.91 Å². The lowest BCUT2D eigenvalue weighted by Gasteiger charge is -2.26. The minimum Gasteiger partial charge on any atom is -0.454 e. The van der Waals surface area contributed by atoms with E-state index in [9.17, 15) is 18.4 Å². The molecule has 2 aromatic carbocycles. The highest BCUT2D eigenvalue weighted by Gasteiger charge is 2.23. The van der Waals surface area contributed by atoms with Crippen LogP contribution >= 0.6 is 0 Å². The highest BCUT2D eigenvalue weighted by Crippen LogP contribution is 2.27. The van der Waals surface area contributed by atoms with Crippen LogP contribution in [-0.4, -0.2) is 36.3 Å². The summed E-state index contributed by atoms with van der Waals surface area (Å²) in [7, 11) is 0. The first-order valence-corrected chi connectivity index (χ1v) is 8.29. The molecule has 0 aliphatic carbocycles. The second kappa shape index (κ2) is 7.51. The largest absolute Gasteiger partial charge is 0.454 e. The van der Waals surface area contributed by atoms with Crippen molar-refractivity contribution in [3.8, 4) is 11.5 Å². The van der Waals surface area contributed by atoms with Crippen molar-refractivity contribution < 1.29 is 23.1 Å². The Balaban J connectivity index is 1.76. The van der Waals surface area contributed by atoms with Crippen LogP contribution in [-0.2, 0) is 11.2 Å². The maximum Gasteiger partial charge on any atom is 0.254 e. The Morgan fingerprint density at radius 3 is 2.65 bits per heavy atom. The van der Waals surface area contributed by atoms with Crippen molar-refractivity contribution in [1.29, 1.82) is 0 Å². The minimum absolute atomic E-state index is 0.0538. The van der Waals surface area contributed by atoms with Crippen molar-refractivity contribution in [2.45, 2.75) is 13.3 Å². The molecule has 1 N–H and O–H groups in total. The smallest absolute Gasteiger partial charge is 0.254 e. The van der Waals surface area contributed by atoms with E-state index in [0.29, 0.717) is 25.1 Å². The van der Waals surface area contributed by atoms with Gasteiger partial charge in [0.2, 0.25) is 5.91 Å². The molecule has 0 aromatic heterocycles. The van der Waals surface area contributed by atoms with Crippen LogP contribution in [0.3, 0.4) is 0 Å². The quantitative estimate of drug-likeness (QED) is 0.912. The van der Waals surface area contributed by atoms with Gasteiger partial charge in [-0.1, -0.05) is 13.0 Å². The fraction of sp³-hybridized carbons (Fsp3) is 0.263. The molecule has 1 fully saturated rings. The van der Waals surface area contributed by atoms with Gasteiger partial charge >= 0.3 is 0 Å². The summed E-state index contributed by atoms with van der Waals surface area (Å²) in [6.45, 7) is 2.52. The van der Waals surface area contributed by atoms with Crippen molar-refractivity contribution in [2.24, 2.45) is 0 Å². The Bertz CT molecular complexity index is 855. The average Bonchev–Trinajstić information content (AvgIpc) is 2.63. The summed E-state index contributed by atoms with van der Waals surface area (Å²) in [5.74, 6) is -1.77. The van der Waals surface area contributed by atoms with Crippen LogP contribution in [0.25, 0.3) is 0 Å². The van der Waals surface area contributed by atoms with Crippen molar-refractivity contribution in [2.75, 3.05) is 19.6 Å². The topological polar surface area (TPSA) is 58.6 Å². The predicted molar refractivity (Wildman–Crippen MR) is 91.2 cm³/mol. The van der Waals surface area contributed by atoms with Gasteiger partial charge in [-0.25, -0.2) is 8.78 Å². The number of carbonyl (C=O) groups is 2. The Labute approximate surface area is 149 Å². The summed E-state index contributed by atoms with van der Waals surface area (Å²) < 4.78 is 33.5. The number of aryl methyl sites for hydroxylation is 1. The zero-order chi connectivity index (χ0) is 18.7. The van der Waals surface area contributed by atoms with Crippen LogP contribution in [0.2, 0.25) is 0 Å². The Morgan fingerprint density at radius 2 is 2.00 bits per heavy atom. The van der Waals surface area contributed by atoms with Crippen LogP contribution in [0.5, 0.6) is 11.5 Å². The zero-order valence-corrected chi connectivity index (χ0v) is 14.2. The maximum absolute atomic E-state index is 14.3. The monoisotopic (exact) mass is 360 g/mol. The zero-order valence-electron chi connectivity index (χ0n) is 14.2. The van der Waals surface area contributed by atoms with Crippen molar-refractivity contribution in [3.63, 3.8) is 0 Å². The van der Waals surface area contributed by atoms with Gasteiger partial charge in [0.15, 0.2) is 11.6 Å². The molecular formula is C19H18F2N2O3. The lowest BCUT2D eigenvalue weighted by Crippen LogP contribution is -2.49. The van der Waals surface area contributed by atoms with Crippen LogP contribution < -0.4 is 10.1 Å². The highest BCUT2D eigenvalue weighted by molar-refractivity contribution is 5.97. The molecule has 26 heavy (non-hydrogen) atoms. The molecule has 1 saturated heterocycles. The van der Waals surface area contributed by atoms with Crippen LogP contribution in [0.15, 0.2) is 36.4 Å². The van der Waals surface area contributed by atoms with Gasteiger partial charge in [-0.05, 0) is 36.2 Å². The number of amides is 2. The van der Waals surface area contributed by atoms with Crippen molar-refractivity contribution in [1.82, 2.24) is 10.2 Å². The first-order valence-electron chi connectivity index (χ1n) is 8.29. The lowest BCUT2D eigenvalue weighted by molar-refractivity contribution is -0.123. The third-order valence-corrected chi connectivity index (χ3v) is 4.14. The number of nitrogens with one attached hydrogen (secondary N) is 1. The summed E-state index contributed by atoms with van der Waals surface area (Å²) in [5.41, 5.74) is 0.668. The summed E-state index contributed by atoms with van der Waals surface area (Å²) >= 11 is 0. The van der Waals surface area contributed by atoms with Gasteiger partial charge in [0.05, 0.1) is 6.54 Å². The van der Waals surface area contributed by atoms with Crippen LogP contribution in [0.4, 0.5) is 8.78 Å². The highest BCUT2D eigenvalue weighted by atomic mass is 19.1. The number of nitrogens with zero attached hydrogens (tertiary/aromatic N) is 1. The van der Waals surface area contributed by atoms with E-state index in [1.165, 1.54) is 23.1 Å². The first kappa shape index (κ1) is 17.8. The lowest BCUT2D eigenvalue weighted by atomic mass is 10.1. The minimum atomic E-state index is -0.739. The molecule has 5 nitrogen and oxygen atoms in total. The molecule has 3 rings (SSSR count). The first-order chi connectivity index (χ1) is 12.5. The summed E-state index contributed by atoms with van der Waals surface area (Å²) in [4.78, 5) is 25.1. The summed E-state index contributed by atoms with van der Waals surface area (Å²) in [6.07, 6.45) is 0.547. The van der Waals surface area contributed by atoms with Gasteiger partial charge in [-0.2, -0.15) is 0 Å². The van der Waals surface area contributed by atoms with E-state index in [1.54, 1.807) is 12.1 Å². The standard InChI is InChI=1S/C19H18F2N2O3/c1-2-12-3-5-14(10-15(12)20)26-17-6-4-13(9-16(17)21)19(25)23-8-7-22-18(24)11-23/h3-6,9-10H,2,7-8,11H2,1H3,(H,22,24). The Morgan fingerprint density at radius 1 is 1.19 bits per heavy atom. The number of carbonyl (C=O) groups excluding carboxylic acids is 2. The molecule has 7 heteroatoms. The Kier molecular flexibility index (Phi) is 5.16. The molecule has 0 unspecified atom stereocenters. The van der Waals surface area contributed by atoms with E-state index >= 15 is 0 Å². The molecule has 0 bridgehead atoms. The molecule has 2 aromatic rings. The SMILES string of the molecule is CCc1ccc(Oc2ccc(C(=O)N3CCNC(=O)C3)cc2F)cc1F. The van der Waals surface area contributed by atoms with Crippen molar-refractivity contribution >= 4 is 11.8 Å². The third-order valence-electron chi connectivity index (χ3n) is 4.14. The summed E-state index contributed by atoms with van der Waals surface area (Å²) in [5, 5.41) is 2.62. The number of hydrogen-bond acceptors (Lipinski definition) is 3. The Hall–Kier alpha value is -2.96. The van der Waals surface area contributed by atoms with E-state index in [0.717, 1.165) is 6.07 Å². The van der Waals surface area contributed by atoms with Crippen LogP contribution in [0, 0.1) is 11.6 Å². The molecule has 2 amide bonds. The maximum atomic E-state index is 14.3. The number of rotatable bonds is 4. The molecule has 1 aliphatic rings. The molecular weight excluding hydrogens is 342 g/mol. The molecule has 1 heterocycles. The molecule has 0 atom stereocenters. The second-order valence-corrected chi connectivity index (χ2v) is 5.93. The fourth-order valence-corrected chi connectivity index (χ4v) is 2.72. The summed E-state index contributed by atoms with van der Waals surface area (Å²) in [6, 6.07) is 8.14. The number of benzene rings is 2. The second-order valence-electron chi connectivity index (χ2n) is 5.93. The average molecular weight is 360 g/mol. The van der Waals surface area contributed by atoms with E-state index < -0.39 is 17.5 Å². The normalized spacial score (nSPS) is 14.1. The van der Waals surface area contributed by atoms with E-state index in [1.807, 2.05) is 6.92 Å². The molecule has 0 radical (unpaired) electrons. The number of halogens is 2. The third kappa shape index (κ3) is 3.82. The van der Waals surface area contributed by atoms with Gasteiger partial charge in [-0.3, -0.25) is 9.59 Å². The number of hydrogen-bond donors (Lipinski definition) is 1. The van der Waals surface area contributed by atoms with Gasteiger partial charge in [-0.15, -0.1) is 0 Å². The van der Waals surface area contributed by atoms with E-state index in [2.05, 4.69) is 5.32 Å². The van der Waals surface area contributed by atoms with E-state index in [-0.39, 0.29) is 29.5 Å². The van der Waals surface area contributed by atoms with Crippen LogP contribution in [0.1, 0.15) is 22.8 Å². The van der Waals surface area contributed by atoms with Gasteiger partial charge in [0, 0.05) is 24.7 Å². The van der Waals surface area contributed by atoms with E-state index in [4.69, 9.17) is 4.74 Å². The number of piperazine rings is 1.